The summed E-state index contributed by atoms with van der Waals surface area (Å²) >= 11 is 0. The average Bonchev–Trinajstić information content (AvgIpc) is 2.76. The van der Waals surface area contributed by atoms with Gasteiger partial charge in [0.15, 0.2) is 5.78 Å². The number of sulfonamides is 1. The van der Waals surface area contributed by atoms with Gasteiger partial charge >= 0.3 is 0 Å². The summed E-state index contributed by atoms with van der Waals surface area (Å²) in [7, 11) is -2.43. The zero-order valence-corrected chi connectivity index (χ0v) is 18.1. The summed E-state index contributed by atoms with van der Waals surface area (Å²) in [5, 5.41) is 9.96. The normalized spacial score (nSPS) is 11.7. The van der Waals surface area contributed by atoms with Crippen molar-refractivity contribution >= 4 is 26.7 Å². The first-order chi connectivity index (χ1) is 14.8. The van der Waals surface area contributed by atoms with Crippen molar-refractivity contribution in [2.24, 2.45) is 0 Å². The van der Waals surface area contributed by atoms with Crippen molar-refractivity contribution in [3.05, 3.63) is 70.0 Å². The van der Waals surface area contributed by atoms with E-state index in [-0.39, 0.29) is 42.4 Å². The Hall–Kier alpha value is -3.01. The van der Waals surface area contributed by atoms with Gasteiger partial charge in [-0.2, -0.15) is 4.31 Å². The molecule has 3 aromatic rings. The summed E-state index contributed by atoms with van der Waals surface area (Å²) in [6.07, 6.45) is 0.216. The molecule has 0 spiro atoms. The Kier molecular flexibility index (Phi) is 6.89. The highest BCUT2D eigenvalue weighted by Crippen LogP contribution is 2.22. The van der Waals surface area contributed by atoms with E-state index in [1.54, 1.807) is 24.3 Å². The molecule has 31 heavy (non-hydrogen) atoms. The number of aromatic nitrogens is 1. The van der Waals surface area contributed by atoms with Gasteiger partial charge in [-0.25, -0.2) is 8.42 Å². The van der Waals surface area contributed by atoms with E-state index in [2.05, 4.69) is 4.98 Å². The summed E-state index contributed by atoms with van der Waals surface area (Å²) < 4.78 is 32.7. The molecule has 0 bridgehead atoms. The molecule has 0 fully saturated rings. The summed E-state index contributed by atoms with van der Waals surface area (Å²) in [6.45, 7) is 1.09. The first-order valence-corrected chi connectivity index (χ1v) is 11.1. The van der Waals surface area contributed by atoms with Crippen LogP contribution in [-0.2, 0) is 16.6 Å². The maximum Gasteiger partial charge on any atom is 0.252 e. The number of carbonyl (C=O) groups excluding carboxylic acids is 1. The average molecular weight is 445 g/mol. The number of pyridine rings is 1. The van der Waals surface area contributed by atoms with E-state index in [0.29, 0.717) is 16.8 Å². The third-order valence-corrected chi connectivity index (χ3v) is 6.80. The van der Waals surface area contributed by atoms with Crippen LogP contribution in [0.25, 0.3) is 10.9 Å². The second-order valence-corrected chi connectivity index (χ2v) is 9.01. The molecule has 0 saturated heterocycles. The number of hydrogen-bond acceptors (Lipinski definition) is 6. The lowest BCUT2D eigenvalue weighted by Gasteiger charge is -2.22. The molecule has 9 heteroatoms. The molecule has 2 N–H and O–H groups in total. The zero-order chi connectivity index (χ0) is 22.6. The molecule has 0 saturated carbocycles. The predicted octanol–water partition coefficient (Wildman–Crippen LogP) is 2.31. The number of carbonyl (C=O) groups is 1. The number of H-pyrrole nitrogens is 1. The Morgan fingerprint density at radius 2 is 1.84 bits per heavy atom. The smallest absolute Gasteiger partial charge is 0.252 e. The highest BCUT2D eigenvalue weighted by Gasteiger charge is 2.25. The Bertz CT molecular complexity index is 1250. The molecule has 0 aliphatic carbocycles. The maximum absolute atomic E-state index is 13.2. The van der Waals surface area contributed by atoms with Crippen LogP contribution in [0.15, 0.2) is 58.2 Å². The van der Waals surface area contributed by atoms with Gasteiger partial charge in [-0.05, 0) is 49.1 Å². The van der Waals surface area contributed by atoms with Crippen LogP contribution in [0.2, 0.25) is 0 Å². The lowest BCUT2D eigenvalue weighted by molar-refractivity contribution is 0.101. The first kappa shape index (κ1) is 22.7. The highest BCUT2D eigenvalue weighted by atomic mass is 32.2. The molecule has 8 nitrogen and oxygen atoms in total. The van der Waals surface area contributed by atoms with E-state index in [4.69, 9.17) is 4.74 Å². The molecular weight excluding hydrogens is 420 g/mol. The quantitative estimate of drug-likeness (QED) is 0.489. The van der Waals surface area contributed by atoms with Gasteiger partial charge in [0.2, 0.25) is 10.0 Å². The first-order valence-electron chi connectivity index (χ1n) is 9.68. The van der Waals surface area contributed by atoms with Crippen molar-refractivity contribution in [1.29, 1.82) is 0 Å². The predicted molar refractivity (Wildman–Crippen MR) is 117 cm³/mol. The lowest BCUT2D eigenvalue weighted by atomic mass is 10.1. The van der Waals surface area contributed by atoms with Crippen LogP contribution >= 0.6 is 0 Å². The van der Waals surface area contributed by atoms with Crippen molar-refractivity contribution in [1.82, 2.24) is 9.29 Å². The highest BCUT2D eigenvalue weighted by molar-refractivity contribution is 7.89. The largest absolute Gasteiger partial charge is 0.497 e. The third-order valence-electron chi connectivity index (χ3n) is 4.94. The zero-order valence-electron chi connectivity index (χ0n) is 17.3. The number of ketones is 1. The van der Waals surface area contributed by atoms with Crippen LogP contribution in [0.5, 0.6) is 5.75 Å². The minimum absolute atomic E-state index is 0.0115. The summed E-state index contributed by atoms with van der Waals surface area (Å²) in [5.41, 5.74) is 0.858. The van der Waals surface area contributed by atoms with Crippen LogP contribution in [0.4, 0.5) is 0 Å². The van der Waals surface area contributed by atoms with E-state index < -0.39 is 15.6 Å². The van der Waals surface area contributed by atoms with E-state index in [1.165, 1.54) is 38.3 Å². The number of ether oxygens (including phenoxy) is 1. The molecule has 1 aromatic heterocycles. The number of hydrogen-bond donors (Lipinski definition) is 2. The van der Waals surface area contributed by atoms with Crippen LogP contribution in [-0.4, -0.2) is 48.9 Å². The number of nitrogens with one attached hydrogen (secondary N) is 1. The fourth-order valence-electron chi connectivity index (χ4n) is 3.20. The lowest BCUT2D eigenvalue weighted by Crippen LogP contribution is -2.34. The summed E-state index contributed by atoms with van der Waals surface area (Å²) in [5.74, 6) is 0.428. The third kappa shape index (κ3) is 5.01. The maximum atomic E-state index is 13.2. The van der Waals surface area contributed by atoms with Gasteiger partial charge in [-0.15, -0.1) is 0 Å². The molecule has 0 aliphatic rings. The number of benzene rings is 2. The molecule has 1 heterocycles. The standard InChI is InChI=1S/C22H24N2O6S/c1-15(26)16-5-8-20(9-6-16)31(28,29)24(10-3-11-25)14-18-12-17-4-7-19(30-2)13-21(17)23-22(18)27/h4-9,12-13,25H,3,10-11,14H2,1-2H3,(H,23,27). The van der Waals surface area contributed by atoms with Gasteiger partial charge in [0.25, 0.3) is 5.56 Å². The minimum atomic E-state index is -3.96. The van der Waals surface area contributed by atoms with Crippen LogP contribution in [0.1, 0.15) is 29.3 Å². The molecule has 3 rings (SSSR count). The molecular formula is C22H24N2O6S. The van der Waals surface area contributed by atoms with Crippen molar-refractivity contribution in [2.75, 3.05) is 20.3 Å². The molecule has 0 radical (unpaired) electrons. The van der Waals surface area contributed by atoms with Crippen molar-refractivity contribution in [3.8, 4) is 5.75 Å². The number of aromatic amines is 1. The van der Waals surface area contributed by atoms with Crippen molar-refractivity contribution < 1.29 is 23.1 Å². The molecule has 0 atom stereocenters. The fourth-order valence-corrected chi connectivity index (χ4v) is 4.66. The number of methoxy groups -OCH3 is 1. The van der Waals surface area contributed by atoms with Crippen molar-refractivity contribution in [2.45, 2.75) is 24.8 Å². The Morgan fingerprint density at radius 3 is 2.45 bits per heavy atom. The number of aliphatic hydroxyl groups is 1. The van der Waals surface area contributed by atoms with Gasteiger partial charge in [-0.3, -0.25) is 9.59 Å². The van der Waals surface area contributed by atoms with Crippen molar-refractivity contribution in [3.63, 3.8) is 0 Å². The van der Waals surface area contributed by atoms with Gasteiger partial charge in [0, 0.05) is 36.9 Å². The number of nitrogens with zero attached hydrogens (tertiary/aromatic N) is 1. The summed E-state index contributed by atoms with van der Waals surface area (Å²) in [4.78, 5) is 26.9. The molecule has 0 unspecified atom stereocenters. The Morgan fingerprint density at radius 1 is 1.13 bits per heavy atom. The Labute approximate surface area is 180 Å². The number of rotatable bonds is 9. The van der Waals surface area contributed by atoms with Crippen LogP contribution in [0.3, 0.4) is 0 Å². The SMILES string of the molecule is COc1ccc2cc(CN(CCCO)S(=O)(=O)c3ccc(C(C)=O)cc3)c(=O)[nH]c2c1. The van der Waals surface area contributed by atoms with E-state index in [9.17, 15) is 23.1 Å². The van der Waals surface area contributed by atoms with E-state index in [1.807, 2.05) is 0 Å². The molecule has 2 aromatic carbocycles. The summed E-state index contributed by atoms with van der Waals surface area (Å²) in [6, 6.07) is 12.5. The second kappa shape index (κ2) is 9.42. The van der Waals surface area contributed by atoms with Gasteiger partial charge in [0.1, 0.15) is 5.75 Å². The van der Waals surface area contributed by atoms with Crippen LogP contribution < -0.4 is 10.3 Å². The number of Topliss-reactive ketones (excluding diaryl/α,β-unsaturated/α-hetero) is 1. The van der Waals surface area contributed by atoms with E-state index in [0.717, 1.165) is 9.69 Å². The number of fused-ring (bicyclic) bond motifs is 1. The molecule has 0 amide bonds. The Balaban J connectivity index is 1.98. The van der Waals surface area contributed by atoms with Gasteiger partial charge in [-0.1, -0.05) is 12.1 Å². The molecule has 0 aliphatic heterocycles. The molecule has 164 valence electrons. The van der Waals surface area contributed by atoms with Gasteiger partial charge in [0.05, 0.1) is 17.5 Å². The van der Waals surface area contributed by atoms with Crippen LogP contribution in [0, 0.1) is 0 Å². The fraction of sp³-hybridized carbons (Fsp3) is 0.273. The van der Waals surface area contributed by atoms with Gasteiger partial charge < -0.3 is 14.8 Å². The monoisotopic (exact) mass is 444 g/mol. The second-order valence-electron chi connectivity index (χ2n) is 7.07. The minimum Gasteiger partial charge on any atom is -0.497 e. The topological polar surface area (TPSA) is 117 Å². The van der Waals surface area contributed by atoms with E-state index >= 15 is 0 Å². The number of aliphatic hydroxyl groups excluding tert-OH is 1.